The first kappa shape index (κ1) is 18.9. The van der Waals surface area contributed by atoms with Crippen LogP contribution in [0, 0.1) is 0 Å². The molecule has 0 aromatic carbocycles. The number of carbonyl (C=O) groups excluding carboxylic acids is 1. The van der Waals surface area contributed by atoms with Crippen molar-refractivity contribution < 1.29 is 22.4 Å². The van der Waals surface area contributed by atoms with Gasteiger partial charge in [0.15, 0.2) is 0 Å². The minimum absolute atomic E-state index is 0. The van der Waals surface area contributed by atoms with Gasteiger partial charge in [-0.1, -0.05) is 0 Å². The number of halogens is 1. The molecular formula is C11H19ClN2O5S. The summed E-state index contributed by atoms with van der Waals surface area (Å²) < 4.78 is 35.2. The van der Waals surface area contributed by atoms with Crippen molar-refractivity contribution in [1.29, 1.82) is 0 Å². The van der Waals surface area contributed by atoms with E-state index in [4.69, 9.17) is 14.9 Å². The van der Waals surface area contributed by atoms with Gasteiger partial charge in [0.1, 0.15) is 0 Å². The highest BCUT2D eigenvalue weighted by Gasteiger charge is 2.28. The maximum Gasteiger partial charge on any atom is 0.374 e. The van der Waals surface area contributed by atoms with Gasteiger partial charge >= 0.3 is 5.97 Å². The summed E-state index contributed by atoms with van der Waals surface area (Å²) in [7, 11) is -2.40. The number of sulfonamides is 1. The van der Waals surface area contributed by atoms with Gasteiger partial charge in [0, 0.05) is 19.6 Å². The van der Waals surface area contributed by atoms with Crippen LogP contribution in [0.1, 0.15) is 24.4 Å². The molecule has 0 aliphatic rings. The monoisotopic (exact) mass is 326 g/mol. The van der Waals surface area contributed by atoms with Crippen LogP contribution < -0.4 is 5.73 Å². The Kier molecular flexibility index (Phi) is 7.21. The van der Waals surface area contributed by atoms with E-state index in [0.29, 0.717) is 0 Å². The Morgan fingerprint density at radius 2 is 2.10 bits per heavy atom. The van der Waals surface area contributed by atoms with Crippen LogP contribution in [0.5, 0.6) is 0 Å². The summed E-state index contributed by atoms with van der Waals surface area (Å²) in [5.41, 5.74) is 5.43. The lowest BCUT2D eigenvalue weighted by Gasteiger charge is -2.21. The van der Waals surface area contributed by atoms with Crippen molar-refractivity contribution >= 4 is 28.4 Å². The number of rotatable bonds is 6. The molecule has 1 heterocycles. The minimum atomic E-state index is -3.80. The number of carbonyl (C=O) groups is 1. The Balaban J connectivity index is 0.00000361. The van der Waals surface area contributed by atoms with E-state index in [1.165, 1.54) is 19.2 Å². The molecule has 0 amide bonds. The number of nitrogens with two attached hydrogens (primary N) is 1. The van der Waals surface area contributed by atoms with Gasteiger partial charge in [0.2, 0.25) is 10.9 Å². The van der Waals surface area contributed by atoms with Crippen LogP contribution in [-0.4, -0.2) is 44.9 Å². The molecule has 9 heteroatoms. The average Bonchev–Trinajstić information content (AvgIpc) is 2.87. The number of nitrogens with zero attached hydrogens (tertiary/aromatic N) is 1. The molecule has 1 aromatic rings. The third kappa shape index (κ3) is 3.95. The summed E-state index contributed by atoms with van der Waals surface area (Å²) in [6, 6.07) is 2.12. The first-order valence-corrected chi connectivity index (χ1v) is 7.23. The first-order valence-electron chi connectivity index (χ1n) is 5.79. The van der Waals surface area contributed by atoms with Crippen LogP contribution in [0.4, 0.5) is 0 Å². The van der Waals surface area contributed by atoms with Crippen molar-refractivity contribution in [2.24, 2.45) is 5.73 Å². The number of hydrogen-bond donors (Lipinski definition) is 1. The molecule has 1 rings (SSSR count). The topological polar surface area (TPSA) is 103 Å². The number of ether oxygens (including phenoxy) is 1. The van der Waals surface area contributed by atoms with E-state index in [1.807, 2.05) is 0 Å². The van der Waals surface area contributed by atoms with Crippen LogP contribution >= 0.6 is 12.4 Å². The molecule has 0 aliphatic carbocycles. The Morgan fingerprint density at radius 3 is 2.60 bits per heavy atom. The molecule has 1 atom stereocenters. The fourth-order valence-corrected chi connectivity index (χ4v) is 2.58. The number of hydrogen-bond acceptors (Lipinski definition) is 6. The average molecular weight is 327 g/mol. The van der Waals surface area contributed by atoms with E-state index < -0.39 is 16.0 Å². The maximum atomic E-state index is 12.2. The largest absolute Gasteiger partial charge is 0.460 e. The zero-order chi connectivity index (χ0) is 14.6. The number of furan rings is 1. The maximum absolute atomic E-state index is 12.2. The number of esters is 1. The second-order valence-electron chi connectivity index (χ2n) is 3.95. The van der Waals surface area contributed by atoms with Crippen molar-refractivity contribution in [3.05, 3.63) is 17.9 Å². The van der Waals surface area contributed by atoms with E-state index in [1.54, 1.807) is 13.8 Å². The Hall–Kier alpha value is -1.09. The van der Waals surface area contributed by atoms with Crippen molar-refractivity contribution in [3.8, 4) is 0 Å². The molecule has 0 fully saturated rings. The lowest BCUT2D eigenvalue weighted by Crippen LogP contribution is -2.39. The lowest BCUT2D eigenvalue weighted by molar-refractivity contribution is 0.0483. The molecule has 0 aliphatic heterocycles. The predicted molar refractivity (Wildman–Crippen MR) is 75.4 cm³/mol. The second kappa shape index (κ2) is 7.63. The molecule has 116 valence electrons. The van der Waals surface area contributed by atoms with Gasteiger partial charge in [-0.2, -0.15) is 4.31 Å². The molecule has 20 heavy (non-hydrogen) atoms. The van der Waals surface area contributed by atoms with Crippen LogP contribution in [0.15, 0.2) is 21.6 Å². The molecule has 1 aromatic heterocycles. The zero-order valence-corrected chi connectivity index (χ0v) is 13.2. The van der Waals surface area contributed by atoms with Gasteiger partial charge in [0.25, 0.3) is 10.0 Å². The van der Waals surface area contributed by atoms with Crippen LogP contribution in [0.3, 0.4) is 0 Å². The van der Waals surface area contributed by atoms with Crippen molar-refractivity contribution in [2.45, 2.75) is 25.0 Å². The van der Waals surface area contributed by atoms with Gasteiger partial charge in [-0.05, 0) is 26.0 Å². The van der Waals surface area contributed by atoms with Crippen molar-refractivity contribution in [2.75, 3.05) is 20.2 Å². The fourth-order valence-electron chi connectivity index (χ4n) is 1.30. The summed E-state index contributed by atoms with van der Waals surface area (Å²) in [5.74, 6) is -0.840. The Morgan fingerprint density at radius 1 is 1.50 bits per heavy atom. The molecule has 7 nitrogen and oxygen atoms in total. The molecule has 1 unspecified atom stereocenters. The Bertz CT molecular complexity index is 543. The highest BCUT2D eigenvalue weighted by molar-refractivity contribution is 7.89. The molecule has 0 spiro atoms. The van der Waals surface area contributed by atoms with E-state index in [9.17, 15) is 13.2 Å². The fraction of sp³-hybridized carbons (Fsp3) is 0.545. The van der Waals surface area contributed by atoms with Crippen LogP contribution in [0.2, 0.25) is 0 Å². The molecular weight excluding hydrogens is 308 g/mol. The summed E-state index contributed by atoms with van der Waals surface area (Å²) >= 11 is 0. The molecule has 0 saturated carbocycles. The SMILES string of the molecule is CCOC(=O)c1ccc(S(=O)(=O)N(C)C(C)CN)o1.Cl. The Labute approximate surface area is 124 Å². The molecule has 2 N–H and O–H groups in total. The van der Waals surface area contributed by atoms with Crippen LogP contribution in [0.25, 0.3) is 0 Å². The van der Waals surface area contributed by atoms with Gasteiger partial charge < -0.3 is 14.9 Å². The molecule has 0 saturated heterocycles. The van der Waals surface area contributed by atoms with Gasteiger partial charge in [0.05, 0.1) is 6.61 Å². The van der Waals surface area contributed by atoms with E-state index >= 15 is 0 Å². The third-order valence-corrected chi connectivity index (χ3v) is 4.50. The normalized spacial score (nSPS) is 12.8. The standard InChI is InChI=1S/C11H18N2O5S.ClH/c1-4-17-11(14)9-5-6-10(18-9)19(15,16)13(3)8(2)7-12;/h5-6,8H,4,7,12H2,1-3H3;1H. The van der Waals surface area contributed by atoms with E-state index in [0.717, 1.165) is 4.31 Å². The quantitative estimate of drug-likeness (QED) is 0.777. The van der Waals surface area contributed by atoms with Gasteiger partial charge in [-0.15, -0.1) is 12.4 Å². The molecule has 0 radical (unpaired) electrons. The predicted octanol–water partition coefficient (Wildman–Crippen LogP) is 0.846. The lowest BCUT2D eigenvalue weighted by atomic mass is 10.4. The summed E-state index contributed by atoms with van der Waals surface area (Å²) in [6.45, 7) is 3.69. The summed E-state index contributed by atoms with van der Waals surface area (Å²) in [6.07, 6.45) is 0. The highest BCUT2D eigenvalue weighted by atomic mass is 35.5. The van der Waals surface area contributed by atoms with Gasteiger partial charge in [-0.25, -0.2) is 13.2 Å². The van der Waals surface area contributed by atoms with E-state index in [2.05, 4.69) is 0 Å². The zero-order valence-electron chi connectivity index (χ0n) is 11.5. The van der Waals surface area contributed by atoms with Crippen molar-refractivity contribution in [3.63, 3.8) is 0 Å². The van der Waals surface area contributed by atoms with Crippen LogP contribution in [-0.2, 0) is 14.8 Å². The van der Waals surface area contributed by atoms with Crippen molar-refractivity contribution in [1.82, 2.24) is 4.31 Å². The number of likely N-dealkylation sites (N-methyl/N-ethyl adjacent to an activating group) is 1. The molecule has 0 bridgehead atoms. The second-order valence-corrected chi connectivity index (χ2v) is 5.87. The van der Waals surface area contributed by atoms with E-state index in [-0.39, 0.29) is 42.5 Å². The third-order valence-electron chi connectivity index (χ3n) is 2.65. The summed E-state index contributed by atoms with van der Waals surface area (Å²) in [5, 5.41) is -0.307. The van der Waals surface area contributed by atoms with Gasteiger partial charge in [-0.3, -0.25) is 0 Å². The smallest absolute Gasteiger partial charge is 0.374 e. The highest BCUT2D eigenvalue weighted by Crippen LogP contribution is 2.19. The minimum Gasteiger partial charge on any atom is -0.460 e. The summed E-state index contributed by atoms with van der Waals surface area (Å²) in [4.78, 5) is 11.4. The first-order chi connectivity index (χ1) is 8.84.